The van der Waals surface area contributed by atoms with Crippen LogP contribution in [0.5, 0.6) is 0 Å². The summed E-state index contributed by atoms with van der Waals surface area (Å²) in [5, 5.41) is 5.29. The van der Waals surface area contributed by atoms with Crippen LogP contribution in [-0.2, 0) is 11.3 Å². The van der Waals surface area contributed by atoms with Gasteiger partial charge in [0.15, 0.2) is 5.16 Å². The Balaban J connectivity index is 2.32. The Morgan fingerprint density at radius 3 is 2.59 bits per heavy atom. The van der Waals surface area contributed by atoms with E-state index < -0.39 is 17.2 Å². The molecule has 0 radical (unpaired) electrons. The van der Waals surface area contributed by atoms with E-state index in [2.05, 4.69) is 29.5 Å². The largest absolute Gasteiger partial charge is 0.338 e. The molecule has 0 saturated carbocycles. The molecule has 0 saturated heterocycles. The average molecular weight is 391 g/mol. The van der Waals surface area contributed by atoms with E-state index in [0.29, 0.717) is 35.1 Å². The number of fused-ring (bicyclic) bond motifs is 1. The third-order valence-electron chi connectivity index (χ3n) is 3.98. The number of carbonyl (C=O) groups excluding carboxylic acids is 2. The summed E-state index contributed by atoms with van der Waals surface area (Å²) in [6.07, 6.45) is 0.826. The lowest BCUT2D eigenvalue weighted by molar-refractivity contribution is -0.119. The minimum atomic E-state index is -0.578. The quantitative estimate of drug-likeness (QED) is 0.560. The van der Waals surface area contributed by atoms with Crippen LogP contribution in [0.15, 0.2) is 34.2 Å². The van der Waals surface area contributed by atoms with Crippen molar-refractivity contribution in [2.45, 2.75) is 51.1 Å². The zero-order valence-electron chi connectivity index (χ0n) is 16.1. The summed E-state index contributed by atoms with van der Waals surface area (Å²) in [4.78, 5) is 41.3. The van der Waals surface area contributed by atoms with Crippen LogP contribution < -0.4 is 16.2 Å². The predicted octanol–water partition coefficient (Wildman–Crippen LogP) is 2.77. The zero-order valence-corrected chi connectivity index (χ0v) is 16.9. The molecule has 1 aromatic carbocycles. The molecule has 1 heterocycles. The van der Waals surface area contributed by atoms with Gasteiger partial charge in [-0.05, 0) is 38.3 Å². The van der Waals surface area contributed by atoms with Gasteiger partial charge in [0.05, 0.1) is 16.2 Å². The van der Waals surface area contributed by atoms with Crippen molar-refractivity contribution in [1.82, 2.24) is 20.2 Å². The van der Waals surface area contributed by atoms with E-state index in [4.69, 9.17) is 0 Å². The van der Waals surface area contributed by atoms with Crippen molar-refractivity contribution >= 4 is 34.6 Å². The number of amides is 3. The van der Waals surface area contributed by atoms with Gasteiger partial charge >= 0.3 is 6.03 Å². The molecule has 1 aromatic heterocycles. The molecule has 1 atom stereocenters. The van der Waals surface area contributed by atoms with E-state index in [9.17, 15) is 14.4 Å². The Labute approximate surface area is 162 Å². The van der Waals surface area contributed by atoms with Crippen molar-refractivity contribution in [3.8, 4) is 0 Å². The summed E-state index contributed by atoms with van der Waals surface area (Å²) < 4.78 is 1.63. The maximum Gasteiger partial charge on any atom is 0.321 e. The summed E-state index contributed by atoms with van der Waals surface area (Å²) >= 11 is 1.18. The van der Waals surface area contributed by atoms with Gasteiger partial charge in [0, 0.05) is 13.1 Å². The minimum Gasteiger partial charge on any atom is -0.338 e. The molecule has 0 aliphatic rings. The lowest BCUT2D eigenvalue weighted by atomic mass is 10.1. The molecule has 146 valence electrons. The van der Waals surface area contributed by atoms with E-state index in [0.717, 1.165) is 6.42 Å². The summed E-state index contributed by atoms with van der Waals surface area (Å²) in [6, 6.07) is 6.66. The van der Waals surface area contributed by atoms with Crippen molar-refractivity contribution in [2.75, 3.05) is 6.54 Å². The highest BCUT2D eigenvalue weighted by atomic mass is 32.2. The number of nitrogens with zero attached hydrogens (tertiary/aromatic N) is 2. The van der Waals surface area contributed by atoms with Gasteiger partial charge in [-0.1, -0.05) is 37.7 Å². The second-order valence-electron chi connectivity index (χ2n) is 6.66. The number of carbonyl (C=O) groups is 2. The topological polar surface area (TPSA) is 93.1 Å². The van der Waals surface area contributed by atoms with Crippen molar-refractivity contribution in [3.05, 3.63) is 34.6 Å². The van der Waals surface area contributed by atoms with Gasteiger partial charge < -0.3 is 5.32 Å². The van der Waals surface area contributed by atoms with Crippen molar-refractivity contribution in [3.63, 3.8) is 0 Å². The lowest BCUT2D eigenvalue weighted by Crippen LogP contribution is -2.42. The zero-order chi connectivity index (χ0) is 20.0. The average Bonchev–Trinajstić information content (AvgIpc) is 2.61. The number of benzene rings is 1. The SMILES string of the molecule is CCNC(=O)NC(=O)C(C)Sc1nc2ccccc2c(=O)n1CCC(C)C. The first kappa shape index (κ1) is 21.0. The van der Waals surface area contributed by atoms with Crippen LogP contribution in [-0.4, -0.2) is 33.3 Å². The molecule has 8 heteroatoms. The number of urea groups is 1. The van der Waals surface area contributed by atoms with Gasteiger partial charge in [0.1, 0.15) is 0 Å². The Hall–Kier alpha value is -2.35. The van der Waals surface area contributed by atoms with E-state index in [-0.39, 0.29) is 5.56 Å². The van der Waals surface area contributed by atoms with Crippen molar-refractivity contribution in [1.29, 1.82) is 0 Å². The third kappa shape index (κ3) is 5.56. The van der Waals surface area contributed by atoms with E-state index in [1.165, 1.54) is 11.8 Å². The second kappa shape index (κ2) is 9.55. The van der Waals surface area contributed by atoms with Crippen LogP contribution in [0.3, 0.4) is 0 Å². The van der Waals surface area contributed by atoms with Crippen molar-refractivity contribution < 1.29 is 9.59 Å². The number of nitrogens with one attached hydrogen (secondary N) is 2. The minimum absolute atomic E-state index is 0.111. The van der Waals surface area contributed by atoms with Gasteiger partial charge in [0.25, 0.3) is 5.56 Å². The molecular formula is C19H26N4O3S. The van der Waals surface area contributed by atoms with Gasteiger partial charge in [-0.15, -0.1) is 0 Å². The summed E-state index contributed by atoms with van der Waals surface area (Å²) in [6.45, 7) is 8.61. The highest BCUT2D eigenvalue weighted by molar-refractivity contribution is 8.00. The Kier molecular flexibility index (Phi) is 7.41. The molecule has 0 fully saturated rings. The summed E-state index contributed by atoms with van der Waals surface area (Å²) in [7, 11) is 0. The molecule has 3 amide bonds. The molecule has 2 aromatic rings. The first-order valence-corrected chi connectivity index (χ1v) is 9.96. The van der Waals surface area contributed by atoms with Gasteiger partial charge in [0.2, 0.25) is 5.91 Å². The summed E-state index contributed by atoms with van der Waals surface area (Å²) in [5.41, 5.74) is 0.488. The Morgan fingerprint density at radius 1 is 1.22 bits per heavy atom. The molecule has 7 nitrogen and oxygen atoms in total. The molecular weight excluding hydrogens is 364 g/mol. The fraction of sp³-hybridized carbons (Fsp3) is 0.474. The number of para-hydroxylation sites is 1. The van der Waals surface area contributed by atoms with Gasteiger partial charge in [-0.2, -0.15) is 0 Å². The van der Waals surface area contributed by atoms with Crippen LogP contribution in [0.25, 0.3) is 10.9 Å². The third-order valence-corrected chi connectivity index (χ3v) is 5.07. The maximum atomic E-state index is 12.9. The van der Waals surface area contributed by atoms with Gasteiger partial charge in [-0.3, -0.25) is 19.5 Å². The first-order chi connectivity index (χ1) is 12.8. The predicted molar refractivity (Wildman–Crippen MR) is 108 cm³/mol. The molecule has 2 N–H and O–H groups in total. The molecule has 0 aliphatic carbocycles. The monoisotopic (exact) mass is 390 g/mol. The van der Waals surface area contributed by atoms with Crippen molar-refractivity contribution in [2.24, 2.45) is 5.92 Å². The first-order valence-electron chi connectivity index (χ1n) is 9.08. The Bertz CT molecular complexity index is 879. The fourth-order valence-corrected chi connectivity index (χ4v) is 3.39. The normalized spacial score (nSPS) is 12.2. The highest BCUT2D eigenvalue weighted by Crippen LogP contribution is 2.23. The smallest absolute Gasteiger partial charge is 0.321 e. The fourth-order valence-electron chi connectivity index (χ4n) is 2.45. The van der Waals surface area contributed by atoms with Crippen LogP contribution in [0.4, 0.5) is 4.79 Å². The van der Waals surface area contributed by atoms with Crippen LogP contribution in [0.2, 0.25) is 0 Å². The molecule has 1 unspecified atom stereocenters. The highest BCUT2D eigenvalue weighted by Gasteiger charge is 2.21. The van der Waals surface area contributed by atoms with Gasteiger partial charge in [-0.25, -0.2) is 9.78 Å². The van der Waals surface area contributed by atoms with E-state index >= 15 is 0 Å². The van der Waals surface area contributed by atoms with Crippen LogP contribution in [0, 0.1) is 5.92 Å². The van der Waals surface area contributed by atoms with E-state index in [1.54, 1.807) is 30.5 Å². The second-order valence-corrected chi connectivity index (χ2v) is 7.97. The van der Waals surface area contributed by atoms with Crippen LogP contribution in [0.1, 0.15) is 34.1 Å². The molecule has 0 bridgehead atoms. The number of imide groups is 1. The number of thioether (sulfide) groups is 1. The molecule has 0 spiro atoms. The number of rotatable bonds is 7. The number of hydrogen-bond acceptors (Lipinski definition) is 5. The standard InChI is InChI=1S/C19H26N4O3S/c1-5-20-18(26)22-16(24)13(4)27-19-21-15-9-7-6-8-14(15)17(25)23(19)11-10-12(2)3/h6-9,12-13H,5,10-11H2,1-4H3,(H2,20,22,24,26). The molecule has 27 heavy (non-hydrogen) atoms. The molecule has 0 aliphatic heterocycles. The van der Waals surface area contributed by atoms with Crippen LogP contribution >= 0.6 is 11.8 Å². The summed E-state index contributed by atoms with van der Waals surface area (Å²) in [5.74, 6) is 0.00319. The lowest BCUT2D eigenvalue weighted by Gasteiger charge is -2.17. The number of hydrogen-bond donors (Lipinski definition) is 2. The number of aromatic nitrogens is 2. The maximum absolute atomic E-state index is 12.9. The molecule has 2 rings (SSSR count). The van der Waals surface area contributed by atoms with E-state index in [1.807, 2.05) is 12.1 Å². The Morgan fingerprint density at radius 2 is 1.93 bits per heavy atom.